The molecule has 20 heavy (non-hydrogen) atoms. The lowest BCUT2D eigenvalue weighted by Crippen LogP contribution is -2.05. The van der Waals surface area contributed by atoms with Crippen LogP contribution in [-0.2, 0) is 4.79 Å². The van der Waals surface area contributed by atoms with Gasteiger partial charge in [0.2, 0.25) is 0 Å². The van der Waals surface area contributed by atoms with Gasteiger partial charge < -0.3 is 14.6 Å². The third kappa shape index (κ3) is 3.32. The maximum atomic E-state index is 11.0. The Labute approximate surface area is 119 Å². The number of allylic oxidation sites excluding steroid dienone is 1. The summed E-state index contributed by atoms with van der Waals surface area (Å²) in [7, 11) is 3.23. The van der Waals surface area contributed by atoms with Crippen LogP contribution in [0.4, 0.5) is 0 Å². The Kier molecular flexibility index (Phi) is 4.66. The highest BCUT2D eigenvalue weighted by Gasteiger charge is 2.17. The van der Waals surface area contributed by atoms with Crippen molar-refractivity contribution in [1.29, 1.82) is 0 Å². The quantitative estimate of drug-likeness (QED) is 0.894. The molecule has 1 aliphatic rings. The van der Waals surface area contributed by atoms with Crippen LogP contribution < -0.4 is 9.47 Å². The smallest absolute Gasteiger partial charge is 0.307 e. The van der Waals surface area contributed by atoms with Crippen LogP contribution >= 0.6 is 0 Å². The summed E-state index contributed by atoms with van der Waals surface area (Å²) in [5, 5.41) is 9.05. The minimum Gasteiger partial charge on any atom is -0.497 e. The monoisotopic (exact) mass is 276 g/mol. The first kappa shape index (κ1) is 14.4. The van der Waals surface area contributed by atoms with E-state index in [-0.39, 0.29) is 6.42 Å². The van der Waals surface area contributed by atoms with Gasteiger partial charge in [0.1, 0.15) is 11.5 Å². The van der Waals surface area contributed by atoms with Crippen LogP contribution in [0.25, 0.3) is 5.57 Å². The summed E-state index contributed by atoms with van der Waals surface area (Å²) >= 11 is 0. The molecule has 0 aliphatic heterocycles. The molecule has 0 spiro atoms. The van der Waals surface area contributed by atoms with Crippen LogP contribution in [-0.4, -0.2) is 25.3 Å². The van der Waals surface area contributed by atoms with Crippen LogP contribution in [0.1, 0.15) is 37.7 Å². The molecule has 0 radical (unpaired) electrons. The number of carboxylic acid groups (broad SMARTS) is 1. The first-order valence-corrected chi connectivity index (χ1v) is 6.80. The molecule has 0 amide bonds. The van der Waals surface area contributed by atoms with E-state index in [1.165, 1.54) is 0 Å². The zero-order chi connectivity index (χ0) is 14.5. The maximum Gasteiger partial charge on any atom is 0.307 e. The summed E-state index contributed by atoms with van der Waals surface area (Å²) < 4.78 is 10.6. The molecule has 0 heterocycles. The van der Waals surface area contributed by atoms with Crippen molar-refractivity contribution in [3.05, 3.63) is 29.3 Å². The summed E-state index contributed by atoms with van der Waals surface area (Å²) in [6.07, 6.45) is 4.06. The summed E-state index contributed by atoms with van der Waals surface area (Å²) in [5.41, 5.74) is 3.17. The Morgan fingerprint density at radius 3 is 2.25 bits per heavy atom. The zero-order valence-corrected chi connectivity index (χ0v) is 11.9. The zero-order valence-electron chi connectivity index (χ0n) is 11.9. The van der Waals surface area contributed by atoms with Gasteiger partial charge in [-0.25, -0.2) is 0 Å². The van der Waals surface area contributed by atoms with Crippen molar-refractivity contribution >= 4 is 11.5 Å². The van der Waals surface area contributed by atoms with Gasteiger partial charge in [0.25, 0.3) is 0 Å². The van der Waals surface area contributed by atoms with Crippen molar-refractivity contribution in [3.63, 3.8) is 0 Å². The SMILES string of the molecule is COc1cc(OC)cc(C2=C(CC(=O)O)CCCC2)c1. The predicted octanol–water partition coefficient (Wildman–Crippen LogP) is 3.51. The van der Waals surface area contributed by atoms with Gasteiger partial charge in [-0.2, -0.15) is 0 Å². The van der Waals surface area contributed by atoms with E-state index in [2.05, 4.69) is 0 Å². The number of rotatable bonds is 5. The maximum absolute atomic E-state index is 11.0. The lowest BCUT2D eigenvalue weighted by molar-refractivity contribution is -0.136. The fourth-order valence-corrected chi connectivity index (χ4v) is 2.68. The van der Waals surface area contributed by atoms with Crippen molar-refractivity contribution in [3.8, 4) is 11.5 Å². The molecule has 108 valence electrons. The second kappa shape index (κ2) is 6.46. The molecule has 1 aliphatic carbocycles. The largest absolute Gasteiger partial charge is 0.497 e. The number of hydrogen-bond acceptors (Lipinski definition) is 3. The van der Waals surface area contributed by atoms with Gasteiger partial charge in [0.05, 0.1) is 20.6 Å². The van der Waals surface area contributed by atoms with Crippen molar-refractivity contribution < 1.29 is 19.4 Å². The summed E-state index contributed by atoms with van der Waals surface area (Å²) in [6.45, 7) is 0. The number of aliphatic carboxylic acids is 1. The first-order chi connectivity index (χ1) is 9.63. The molecule has 4 nitrogen and oxygen atoms in total. The minimum absolute atomic E-state index is 0.120. The number of hydrogen-bond donors (Lipinski definition) is 1. The predicted molar refractivity (Wildman–Crippen MR) is 77.2 cm³/mol. The minimum atomic E-state index is -0.769. The summed E-state index contributed by atoms with van der Waals surface area (Å²) in [5.74, 6) is 0.688. The van der Waals surface area contributed by atoms with E-state index in [0.29, 0.717) is 0 Å². The van der Waals surface area contributed by atoms with E-state index in [1.807, 2.05) is 18.2 Å². The second-order valence-electron chi connectivity index (χ2n) is 4.96. The van der Waals surface area contributed by atoms with Gasteiger partial charge in [-0.1, -0.05) is 5.57 Å². The standard InChI is InChI=1S/C16H20O4/c1-19-13-7-12(8-14(10-13)20-2)15-6-4-3-5-11(15)9-16(17)18/h7-8,10H,3-6,9H2,1-2H3,(H,17,18). The van der Waals surface area contributed by atoms with Crippen molar-refractivity contribution in [2.45, 2.75) is 32.1 Å². The van der Waals surface area contributed by atoms with Crippen LogP contribution in [0.3, 0.4) is 0 Å². The molecular weight excluding hydrogens is 256 g/mol. The fourth-order valence-electron chi connectivity index (χ4n) is 2.68. The summed E-state index contributed by atoms with van der Waals surface area (Å²) in [4.78, 5) is 11.0. The van der Waals surface area contributed by atoms with Gasteiger partial charge in [-0.05, 0) is 49.0 Å². The molecule has 0 atom stereocenters. The number of methoxy groups -OCH3 is 2. The molecule has 0 fully saturated rings. The number of ether oxygens (including phenoxy) is 2. The summed E-state index contributed by atoms with van der Waals surface area (Å²) in [6, 6.07) is 5.72. The van der Waals surface area contributed by atoms with Gasteiger partial charge in [-0.15, -0.1) is 0 Å². The first-order valence-electron chi connectivity index (χ1n) is 6.80. The molecule has 0 unspecified atom stereocenters. The van der Waals surface area contributed by atoms with E-state index in [0.717, 1.165) is 53.9 Å². The second-order valence-corrected chi connectivity index (χ2v) is 4.96. The van der Waals surface area contributed by atoms with Gasteiger partial charge >= 0.3 is 5.97 Å². The van der Waals surface area contributed by atoms with E-state index < -0.39 is 5.97 Å². The number of carbonyl (C=O) groups is 1. The lowest BCUT2D eigenvalue weighted by atomic mass is 9.86. The van der Waals surface area contributed by atoms with Crippen molar-refractivity contribution in [2.24, 2.45) is 0 Å². The molecule has 0 saturated heterocycles. The van der Waals surface area contributed by atoms with Gasteiger partial charge in [0, 0.05) is 6.07 Å². The number of benzene rings is 1. The van der Waals surface area contributed by atoms with Crippen LogP contribution in [0.5, 0.6) is 11.5 Å². The topological polar surface area (TPSA) is 55.8 Å². The van der Waals surface area contributed by atoms with E-state index >= 15 is 0 Å². The van der Waals surface area contributed by atoms with E-state index in [4.69, 9.17) is 14.6 Å². The molecular formula is C16H20O4. The van der Waals surface area contributed by atoms with Gasteiger partial charge in [0.15, 0.2) is 0 Å². The van der Waals surface area contributed by atoms with Crippen LogP contribution in [0.15, 0.2) is 23.8 Å². The third-order valence-electron chi connectivity index (χ3n) is 3.65. The lowest BCUT2D eigenvalue weighted by Gasteiger charge is -2.20. The van der Waals surface area contributed by atoms with Crippen LogP contribution in [0.2, 0.25) is 0 Å². The average molecular weight is 276 g/mol. The van der Waals surface area contributed by atoms with Crippen molar-refractivity contribution in [2.75, 3.05) is 14.2 Å². The van der Waals surface area contributed by atoms with Gasteiger partial charge in [-0.3, -0.25) is 4.79 Å². The molecule has 1 aromatic carbocycles. The highest BCUT2D eigenvalue weighted by molar-refractivity contribution is 5.78. The third-order valence-corrected chi connectivity index (χ3v) is 3.65. The number of carboxylic acids is 1. The Balaban J connectivity index is 2.45. The normalized spacial score (nSPS) is 15.1. The van der Waals surface area contributed by atoms with Crippen LogP contribution in [0, 0.1) is 0 Å². The molecule has 1 aromatic rings. The Morgan fingerprint density at radius 1 is 1.10 bits per heavy atom. The van der Waals surface area contributed by atoms with Crippen molar-refractivity contribution in [1.82, 2.24) is 0 Å². The molecule has 2 rings (SSSR count). The molecule has 0 aromatic heterocycles. The highest BCUT2D eigenvalue weighted by Crippen LogP contribution is 2.37. The Morgan fingerprint density at radius 2 is 1.70 bits per heavy atom. The van der Waals surface area contributed by atoms with E-state index in [1.54, 1.807) is 14.2 Å². The molecule has 0 saturated carbocycles. The van der Waals surface area contributed by atoms with E-state index in [9.17, 15) is 4.79 Å². The molecule has 0 bridgehead atoms. The average Bonchev–Trinajstić information content (AvgIpc) is 2.46. The Bertz CT molecular complexity index is 509. The Hall–Kier alpha value is -1.97. The molecule has 1 N–H and O–H groups in total. The molecule has 4 heteroatoms. The fraction of sp³-hybridized carbons (Fsp3) is 0.438. The highest BCUT2D eigenvalue weighted by atomic mass is 16.5.